The number of hydrogen-bond acceptors (Lipinski definition) is 5. The van der Waals surface area contributed by atoms with Crippen molar-refractivity contribution in [3.8, 4) is 0 Å². The number of aryl methyl sites for hydroxylation is 1. The maximum absolute atomic E-state index is 12.0. The molecule has 0 amide bonds. The number of likely N-dealkylation sites (N-methyl/N-ethyl adjacent to an activating group) is 1. The maximum atomic E-state index is 12.0. The predicted octanol–water partition coefficient (Wildman–Crippen LogP) is -0.307. The Morgan fingerprint density at radius 2 is 2.10 bits per heavy atom. The summed E-state index contributed by atoms with van der Waals surface area (Å²) in [5.74, 6) is -0.201. The summed E-state index contributed by atoms with van der Waals surface area (Å²) in [6, 6.07) is 0.0640. The first kappa shape index (κ1) is 15.9. The van der Waals surface area contributed by atoms with Gasteiger partial charge in [-0.3, -0.25) is 19.2 Å². The Hall–Kier alpha value is -1.44. The van der Waals surface area contributed by atoms with E-state index in [1.54, 1.807) is 6.92 Å². The maximum Gasteiger partial charge on any atom is 0.330 e. The van der Waals surface area contributed by atoms with Gasteiger partial charge in [-0.1, -0.05) is 13.8 Å². The first-order valence-electron chi connectivity index (χ1n) is 7.32. The molecule has 0 spiro atoms. The molecule has 7 heteroatoms. The number of rotatable bonds is 5. The molecule has 3 unspecified atom stereocenters. The van der Waals surface area contributed by atoms with Crippen molar-refractivity contribution in [2.45, 2.75) is 33.0 Å². The van der Waals surface area contributed by atoms with Gasteiger partial charge in [0.1, 0.15) is 6.23 Å². The van der Waals surface area contributed by atoms with Crippen LogP contribution >= 0.6 is 0 Å². The second-order valence-electron chi connectivity index (χ2n) is 5.34. The number of aromatic amines is 1. The highest BCUT2D eigenvalue weighted by Crippen LogP contribution is 2.32. The summed E-state index contributed by atoms with van der Waals surface area (Å²) in [5.41, 5.74) is -0.453. The van der Waals surface area contributed by atoms with Crippen molar-refractivity contribution >= 4 is 0 Å². The minimum atomic E-state index is -0.552. The Morgan fingerprint density at radius 1 is 1.43 bits per heavy atom. The van der Waals surface area contributed by atoms with Crippen molar-refractivity contribution in [3.63, 3.8) is 0 Å². The van der Waals surface area contributed by atoms with Gasteiger partial charge in [-0.15, -0.1) is 0 Å². The van der Waals surface area contributed by atoms with E-state index in [2.05, 4.69) is 23.7 Å². The molecule has 0 aromatic carbocycles. The number of aromatic nitrogens is 2. The van der Waals surface area contributed by atoms with E-state index in [-0.39, 0.29) is 18.6 Å². The molecule has 2 heterocycles. The molecule has 2 rings (SSSR count). The molecule has 1 aromatic rings. The molecule has 118 valence electrons. The SMILES string of the molecule is CCN(CC)C1COC(n2cc(C)c(=O)[nH]c2=O)C1CO. The summed E-state index contributed by atoms with van der Waals surface area (Å²) in [6.45, 7) is 7.85. The molecule has 0 bridgehead atoms. The Morgan fingerprint density at radius 3 is 2.67 bits per heavy atom. The Labute approximate surface area is 123 Å². The molecule has 1 aliphatic rings. The molecule has 21 heavy (non-hydrogen) atoms. The van der Waals surface area contributed by atoms with Crippen LogP contribution in [0.15, 0.2) is 15.8 Å². The summed E-state index contributed by atoms with van der Waals surface area (Å²) in [5, 5.41) is 9.73. The van der Waals surface area contributed by atoms with E-state index >= 15 is 0 Å². The summed E-state index contributed by atoms with van der Waals surface area (Å²) in [7, 11) is 0. The summed E-state index contributed by atoms with van der Waals surface area (Å²) in [6.07, 6.45) is 0.947. The number of ether oxygens (including phenoxy) is 1. The van der Waals surface area contributed by atoms with Gasteiger partial charge in [0, 0.05) is 23.7 Å². The molecular formula is C14H23N3O4. The zero-order chi connectivity index (χ0) is 15.6. The van der Waals surface area contributed by atoms with Gasteiger partial charge in [0.25, 0.3) is 5.56 Å². The van der Waals surface area contributed by atoms with E-state index in [9.17, 15) is 14.7 Å². The van der Waals surface area contributed by atoms with Gasteiger partial charge in [-0.2, -0.15) is 0 Å². The molecule has 7 nitrogen and oxygen atoms in total. The zero-order valence-electron chi connectivity index (χ0n) is 12.7. The van der Waals surface area contributed by atoms with Crippen molar-refractivity contribution in [1.82, 2.24) is 14.5 Å². The minimum Gasteiger partial charge on any atom is -0.396 e. The lowest BCUT2D eigenvalue weighted by atomic mass is 10.00. The third-order valence-electron chi connectivity index (χ3n) is 4.21. The standard InChI is InChI=1S/C14H23N3O4/c1-4-16(5-2)11-8-21-13(10(11)7-18)17-6-9(3)12(19)15-14(17)20/h6,10-11,13,18H,4-5,7-8H2,1-3H3,(H,15,19,20). The molecule has 0 aliphatic carbocycles. The fourth-order valence-corrected chi connectivity index (χ4v) is 2.98. The highest BCUT2D eigenvalue weighted by Gasteiger charge is 2.40. The van der Waals surface area contributed by atoms with Crippen LogP contribution in [0.4, 0.5) is 0 Å². The number of aliphatic hydroxyl groups excluding tert-OH is 1. The third kappa shape index (κ3) is 2.95. The number of nitrogens with one attached hydrogen (secondary N) is 1. The van der Waals surface area contributed by atoms with Crippen LogP contribution in [0.25, 0.3) is 0 Å². The van der Waals surface area contributed by atoms with Crippen LogP contribution in [0, 0.1) is 12.8 Å². The molecule has 3 atom stereocenters. The Balaban J connectivity index is 2.35. The molecule has 0 saturated carbocycles. The summed E-state index contributed by atoms with van der Waals surface area (Å²) < 4.78 is 7.13. The van der Waals surface area contributed by atoms with Crippen LogP contribution < -0.4 is 11.2 Å². The topological polar surface area (TPSA) is 87.6 Å². The average Bonchev–Trinajstić information content (AvgIpc) is 2.88. The van der Waals surface area contributed by atoms with E-state index in [1.807, 2.05) is 0 Å². The summed E-state index contributed by atoms with van der Waals surface area (Å²) in [4.78, 5) is 27.9. The molecule has 1 saturated heterocycles. The molecule has 1 aliphatic heterocycles. The lowest BCUT2D eigenvalue weighted by molar-refractivity contribution is 0.0134. The largest absolute Gasteiger partial charge is 0.396 e. The van der Waals surface area contributed by atoms with Crippen molar-refractivity contribution in [1.29, 1.82) is 0 Å². The van der Waals surface area contributed by atoms with Gasteiger partial charge in [0.05, 0.1) is 13.2 Å². The average molecular weight is 297 g/mol. The van der Waals surface area contributed by atoms with Gasteiger partial charge in [-0.05, 0) is 20.0 Å². The first-order chi connectivity index (χ1) is 10.0. The minimum absolute atomic E-state index is 0.0640. The van der Waals surface area contributed by atoms with Gasteiger partial charge < -0.3 is 9.84 Å². The number of aliphatic hydroxyl groups is 1. The molecule has 0 radical (unpaired) electrons. The van der Waals surface area contributed by atoms with Gasteiger partial charge >= 0.3 is 5.69 Å². The van der Waals surface area contributed by atoms with E-state index in [1.165, 1.54) is 10.8 Å². The fourth-order valence-electron chi connectivity index (χ4n) is 2.98. The third-order valence-corrected chi connectivity index (χ3v) is 4.21. The zero-order valence-corrected chi connectivity index (χ0v) is 12.7. The molecule has 1 aromatic heterocycles. The van der Waals surface area contributed by atoms with E-state index in [4.69, 9.17) is 4.74 Å². The first-order valence-corrected chi connectivity index (χ1v) is 7.32. The fraction of sp³-hybridized carbons (Fsp3) is 0.714. The van der Waals surface area contributed by atoms with Crippen LogP contribution in [-0.2, 0) is 4.74 Å². The smallest absolute Gasteiger partial charge is 0.330 e. The number of H-pyrrole nitrogens is 1. The normalized spacial score (nSPS) is 25.7. The van der Waals surface area contributed by atoms with Crippen LogP contribution in [-0.4, -0.2) is 51.9 Å². The van der Waals surface area contributed by atoms with Crippen LogP contribution in [0.5, 0.6) is 0 Å². The van der Waals surface area contributed by atoms with Crippen molar-refractivity contribution in [2.75, 3.05) is 26.3 Å². The second kappa shape index (κ2) is 6.55. The molecule has 2 N–H and O–H groups in total. The second-order valence-corrected chi connectivity index (χ2v) is 5.34. The van der Waals surface area contributed by atoms with E-state index in [0.29, 0.717) is 12.2 Å². The van der Waals surface area contributed by atoms with E-state index in [0.717, 1.165) is 13.1 Å². The van der Waals surface area contributed by atoms with Crippen molar-refractivity contribution in [2.24, 2.45) is 5.92 Å². The van der Waals surface area contributed by atoms with Crippen LogP contribution in [0.2, 0.25) is 0 Å². The lowest BCUT2D eigenvalue weighted by Gasteiger charge is -2.30. The van der Waals surface area contributed by atoms with Gasteiger partial charge in [-0.25, -0.2) is 4.79 Å². The highest BCUT2D eigenvalue weighted by molar-refractivity contribution is 5.02. The quantitative estimate of drug-likeness (QED) is 0.778. The van der Waals surface area contributed by atoms with Crippen LogP contribution in [0.1, 0.15) is 25.6 Å². The Bertz CT molecular complexity index is 591. The van der Waals surface area contributed by atoms with Crippen molar-refractivity contribution in [3.05, 3.63) is 32.6 Å². The Kier molecular flexibility index (Phi) is 4.97. The predicted molar refractivity (Wildman–Crippen MR) is 78.3 cm³/mol. The molecule has 1 fully saturated rings. The molecular weight excluding hydrogens is 274 g/mol. The monoisotopic (exact) mass is 297 g/mol. The summed E-state index contributed by atoms with van der Waals surface area (Å²) >= 11 is 0. The van der Waals surface area contributed by atoms with Gasteiger partial charge in [0.15, 0.2) is 0 Å². The van der Waals surface area contributed by atoms with Crippen molar-refractivity contribution < 1.29 is 9.84 Å². The number of hydrogen-bond donors (Lipinski definition) is 2. The van der Waals surface area contributed by atoms with Crippen LogP contribution in [0.3, 0.4) is 0 Å². The van der Waals surface area contributed by atoms with Gasteiger partial charge in [0.2, 0.25) is 0 Å². The number of nitrogens with zero attached hydrogens (tertiary/aromatic N) is 2. The van der Waals surface area contributed by atoms with E-state index < -0.39 is 17.5 Å². The highest BCUT2D eigenvalue weighted by atomic mass is 16.5. The lowest BCUT2D eigenvalue weighted by Crippen LogP contribution is -2.43.